The van der Waals surface area contributed by atoms with Gasteiger partial charge in [0.2, 0.25) is 0 Å². The van der Waals surface area contributed by atoms with E-state index in [1.165, 1.54) is 11.1 Å². The predicted octanol–water partition coefficient (Wildman–Crippen LogP) is 6.82. The second-order valence-corrected chi connectivity index (χ2v) is 19.7. The van der Waals surface area contributed by atoms with E-state index in [0.29, 0.717) is 5.82 Å². The van der Waals surface area contributed by atoms with E-state index >= 15 is 0 Å². The number of hydrogen-bond acceptors (Lipinski definition) is 7. The van der Waals surface area contributed by atoms with Crippen LogP contribution in [0.2, 0.25) is 14.8 Å². The van der Waals surface area contributed by atoms with Gasteiger partial charge in [-0.15, -0.1) is 10.2 Å². The van der Waals surface area contributed by atoms with Gasteiger partial charge in [-0.1, -0.05) is 85.8 Å². The Hall–Kier alpha value is -3.18. The quantitative estimate of drug-likeness (QED) is 0.111. The molecule has 2 heterocycles. The van der Waals surface area contributed by atoms with Gasteiger partial charge in [0.05, 0.1) is 13.7 Å². The maximum atomic E-state index is 5.28. The number of thioether (sulfide) groups is 1. The number of ether oxygens (including phenoxy) is 1. The van der Waals surface area contributed by atoms with E-state index in [4.69, 9.17) is 4.74 Å². The fraction of sp³-hybridized carbons (Fsp3) is 0.323. The molecule has 0 aliphatic heterocycles. The number of aromatic nitrogens is 7. The van der Waals surface area contributed by atoms with E-state index in [1.54, 1.807) is 18.9 Å². The van der Waals surface area contributed by atoms with Gasteiger partial charge in [-0.2, -0.15) is 5.21 Å². The molecule has 0 saturated carbocycles. The Morgan fingerprint density at radius 3 is 2.17 bits per heavy atom. The molecule has 10 heteroatoms. The van der Waals surface area contributed by atoms with Crippen LogP contribution in [0.4, 0.5) is 0 Å². The van der Waals surface area contributed by atoms with Crippen LogP contribution in [0, 0.1) is 0 Å². The number of hydrogen-bond donors (Lipinski definition) is 0. The average molecular weight is 674 g/mol. The maximum absolute atomic E-state index is 5.28. The van der Waals surface area contributed by atoms with Crippen LogP contribution in [0.1, 0.15) is 36.7 Å². The van der Waals surface area contributed by atoms with Crippen LogP contribution in [-0.2, 0) is 18.7 Å². The van der Waals surface area contributed by atoms with Gasteiger partial charge >= 0.3 is 34.6 Å². The summed E-state index contributed by atoms with van der Waals surface area (Å²) < 4.78 is 7.53. The second kappa shape index (κ2) is 15.7. The minimum absolute atomic E-state index is 0.531. The SMILES string of the molecule is CCCCc1nnc(SCc2ccc(OC)cc2)n1Cc1ccc(-c2ccccc2-c2nnn[n-]2)cc1.[CH3][Sn+]([CH3])[CH3]. The van der Waals surface area contributed by atoms with Crippen molar-refractivity contribution in [2.24, 2.45) is 0 Å². The van der Waals surface area contributed by atoms with Crippen molar-refractivity contribution in [1.29, 1.82) is 0 Å². The summed E-state index contributed by atoms with van der Waals surface area (Å²) in [6.07, 6.45) is 3.12. The first-order chi connectivity index (χ1) is 20.0. The van der Waals surface area contributed by atoms with E-state index in [-0.39, 0.29) is 0 Å². The summed E-state index contributed by atoms with van der Waals surface area (Å²) >= 11 is 1.17. The van der Waals surface area contributed by atoms with E-state index in [9.17, 15) is 0 Å². The molecule has 0 spiro atoms. The zero-order valence-corrected chi connectivity index (χ0v) is 28.1. The van der Waals surface area contributed by atoms with Crippen molar-refractivity contribution in [2.45, 2.75) is 58.5 Å². The number of nitrogens with zero attached hydrogens (tertiary/aromatic N) is 7. The summed E-state index contributed by atoms with van der Waals surface area (Å²) in [6.45, 7) is 2.92. The van der Waals surface area contributed by atoms with Gasteiger partial charge < -0.3 is 14.4 Å². The van der Waals surface area contributed by atoms with Gasteiger partial charge in [-0.05, 0) is 46.4 Å². The number of methoxy groups -OCH3 is 1. The number of benzene rings is 3. The third kappa shape index (κ3) is 8.90. The van der Waals surface area contributed by atoms with Crippen molar-refractivity contribution in [3.05, 3.63) is 89.7 Å². The molecule has 0 radical (unpaired) electrons. The van der Waals surface area contributed by atoms with E-state index in [2.05, 4.69) is 99.6 Å². The standard InChI is InChI=1S/C28H28N7OS.3CH3.Sn/c1-3-4-9-26-29-32-28(37-19-21-12-16-23(36-2)17-13-21)35(26)18-20-10-14-22(15-11-20)24-7-5-6-8-25(24)27-30-33-34-31-27;;;;/h5-8,10-17H,3-4,9,18-19H2,1-2H3;3*1H3;/q-1;;;;+1. The Morgan fingerprint density at radius 1 is 0.854 bits per heavy atom. The predicted molar refractivity (Wildman–Crippen MR) is 168 cm³/mol. The Kier molecular flexibility index (Phi) is 11.8. The van der Waals surface area contributed by atoms with Gasteiger partial charge in [-0.25, -0.2) is 0 Å². The molecule has 5 rings (SSSR count). The van der Waals surface area contributed by atoms with Crippen molar-refractivity contribution >= 4 is 31.5 Å². The Labute approximate surface area is 254 Å². The molecular formula is C31H37N7OSSn. The summed E-state index contributed by atoms with van der Waals surface area (Å²) in [7, 11) is 1.68. The second-order valence-electron chi connectivity index (χ2n) is 10.2. The molecule has 41 heavy (non-hydrogen) atoms. The fourth-order valence-corrected chi connectivity index (χ4v) is 5.04. The van der Waals surface area contributed by atoms with Crippen molar-refractivity contribution in [2.75, 3.05) is 7.11 Å². The molecule has 5 aromatic rings. The summed E-state index contributed by atoms with van der Waals surface area (Å²) in [5, 5.41) is 25.4. The first-order valence-electron chi connectivity index (χ1n) is 13.8. The van der Waals surface area contributed by atoms with E-state index < -0.39 is 19.8 Å². The molecule has 0 saturated heterocycles. The molecule has 0 aliphatic rings. The topological polar surface area (TPSA) is 92.7 Å². The zero-order valence-electron chi connectivity index (χ0n) is 24.4. The van der Waals surface area contributed by atoms with E-state index in [0.717, 1.165) is 65.0 Å². The number of aryl methyl sites for hydroxylation is 1. The molecule has 0 unspecified atom stereocenters. The monoisotopic (exact) mass is 675 g/mol. The summed E-state index contributed by atoms with van der Waals surface area (Å²) in [4.78, 5) is 7.09. The molecule has 0 fully saturated rings. The van der Waals surface area contributed by atoms with Gasteiger partial charge in [0.25, 0.3) is 0 Å². The third-order valence-electron chi connectivity index (χ3n) is 6.17. The number of unbranched alkanes of at least 4 members (excludes halogenated alkanes) is 1. The summed E-state index contributed by atoms with van der Waals surface area (Å²) in [6, 6.07) is 24.8. The number of tetrazole rings is 1. The molecule has 0 amide bonds. The molecule has 0 bridgehead atoms. The van der Waals surface area contributed by atoms with Gasteiger partial charge in [0.1, 0.15) is 11.6 Å². The van der Waals surface area contributed by atoms with Crippen molar-refractivity contribution in [3.8, 4) is 28.3 Å². The van der Waals surface area contributed by atoms with Gasteiger partial charge in [-0.3, -0.25) is 10.3 Å². The number of rotatable bonds is 11. The van der Waals surface area contributed by atoms with Crippen LogP contribution in [0.15, 0.2) is 78.0 Å². The molecule has 0 N–H and O–H groups in total. The molecule has 8 nitrogen and oxygen atoms in total. The molecule has 212 valence electrons. The molecule has 3 aromatic carbocycles. The zero-order chi connectivity index (χ0) is 29.0. The van der Waals surface area contributed by atoms with Crippen LogP contribution in [0.25, 0.3) is 22.5 Å². The van der Waals surface area contributed by atoms with Crippen molar-refractivity contribution < 1.29 is 4.74 Å². The Bertz CT molecular complexity index is 1470. The molecule has 2 aromatic heterocycles. The average Bonchev–Trinajstić information content (AvgIpc) is 3.66. The summed E-state index contributed by atoms with van der Waals surface area (Å²) in [5.41, 5.74) is 5.47. The van der Waals surface area contributed by atoms with E-state index in [1.807, 2.05) is 30.3 Å². The van der Waals surface area contributed by atoms with Gasteiger partial charge in [0, 0.05) is 18.0 Å². The van der Waals surface area contributed by atoms with Crippen LogP contribution in [0.3, 0.4) is 0 Å². The van der Waals surface area contributed by atoms with Crippen LogP contribution < -0.4 is 9.84 Å². The first kappa shape index (κ1) is 30.8. The third-order valence-corrected chi connectivity index (χ3v) is 7.20. The Balaban J connectivity index is 0.000000909. The molecule has 0 aliphatic carbocycles. The minimum atomic E-state index is -0.543. The van der Waals surface area contributed by atoms with Gasteiger partial charge in [0.15, 0.2) is 5.16 Å². The van der Waals surface area contributed by atoms with Crippen LogP contribution in [0.5, 0.6) is 5.75 Å². The van der Waals surface area contributed by atoms with Crippen LogP contribution >= 0.6 is 11.8 Å². The Morgan fingerprint density at radius 2 is 1.54 bits per heavy atom. The molecule has 0 atom stereocenters. The first-order valence-corrected chi connectivity index (χ1v) is 23.3. The fourth-order valence-electron chi connectivity index (χ4n) is 4.13. The van der Waals surface area contributed by atoms with Crippen molar-refractivity contribution in [1.82, 2.24) is 35.4 Å². The normalized spacial score (nSPS) is 10.7. The summed E-state index contributed by atoms with van der Waals surface area (Å²) in [5.74, 6) is 3.24. The van der Waals surface area contributed by atoms with Crippen molar-refractivity contribution in [3.63, 3.8) is 0 Å². The van der Waals surface area contributed by atoms with Crippen LogP contribution in [-0.4, -0.2) is 57.2 Å². The molecular weight excluding hydrogens is 637 g/mol.